The third kappa shape index (κ3) is 3.91. The van der Waals surface area contributed by atoms with Crippen molar-refractivity contribution < 1.29 is 18.8 Å². The second-order valence-electron chi connectivity index (χ2n) is 4.60. The molecule has 0 spiro atoms. The standard InChI is InChI=1S/C13H17FN2O4/c1-4-20-13(17)9-5-11(15-7-8(2)3)10(14)6-12(9)16(18)19/h5-6,8,15H,4,7H2,1-3H3. The molecule has 0 fully saturated rings. The molecule has 20 heavy (non-hydrogen) atoms. The van der Waals surface area contributed by atoms with Gasteiger partial charge in [0.15, 0.2) is 5.82 Å². The summed E-state index contributed by atoms with van der Waals surface area (Å²) in [6, 6.07) is 1.85. The minimum absolute atomic E-state index is 0.0485. The number of nitrogens with one attached hydrogen (secondary N) is 1. The lowest BCUT2D eigenvalue weighted by Crippen LogP contribution is -2.13. The number of hydrogen-bond donors (Lipinski definition) is 1. The maximum atomic E-state index is 13.8. The molecule has 0 aliphatic carbocycles. The fraction of sp³-hybridized carbons (Fsp3) is 0.462. The molecular formula is C13H17FN2O4. The van der Waals surface area contributed by atoms with E-state index in [2.05, 4.69) is 5.32 Å². The SMILES string of the molecule is CCOC(=O)c1cc(NCC(C)C)c(F)cc1[N+](=O)[O-]. The Morgan fingerprint density at radius 1 is 1.50 bits per heavy atom. The van der Waals surface area contributed by atoms with E-state index in [1.165, 1.54) is 0 Å². The molecule has 0 heterocycles. The van der Waals surface area contributed by atoms with Gasteiger partial charge in [0.05, 0.1) is 23.3 Å². The molecule has 110 valence electrons. The van der Waals surface area contributed by atoms with Crippen LogP contribution in [0, 0.1) is 21.8 Å². The van der Waals surface area contributed by atoms with Crippen molar-refractivity contribution in [3.63, 3.8) is 0 Å². The van der Waals surface area contributed by atoms with E-state index in [9.17, 15) is 19.3 Å². The van der Waals surface area contributed by atoms with Gasteiger partial charge in [0.1, 0.15) is 5.56 Å². The number of hydrogen-bond acceptors (Lipinski definition) is 5. The summed E-state index contributed by atoms with van der Waals surface area (Å²) < 4.78 is 18.5. The molecule has 6 nitrogen and oxygen atoms in total. The molecule has 0 aromatic heterocycles. The summed E-state index contributed by atoms with van der Waals surface area (Å²) in [6.07, 6.45) is 0. The van der Waals surface area contributed by atoms with Gasteiger partial charge in [-0.15, -0.1) is 0 Å². The van der Waals surface area contributed by atoms with Crippen LogP contribution >= 0.6 is 0 Å². The second-order valence-corrected chi connectivity index (χ2v) is 4.60. The number of ether oxygens (including phenoxy) is 1. The van der Waals surface area contributed by atoms with Crippen molar-refractivity contribution in [2.75, 3.05) is 18.5 Å². The maximum absolute atomic E-state index is 13.8. The molecule has 1 N–H and O–H groups in total. The summed E-state index contributed by atoms with van der Waals surface area (Å²) in [4.78, 5) is 21.8. The molecule has 0 amide bonds. The third-order valence-corrected chi connectivity index (χ3v) is 2.48. The quantitative estimate of drug-likeness (QED) is 0.493. The van der Waals surface area contributed by atoms with Gasteiger partial charge in [-0.25, -0.2) is 9.18 Å². The van der Waals surface area contributed by atoms with E-state index in [4.69, 9.17) is 4.74 Å². The molecule has 0 atom stereocenters. The first-order valence-corrected chi connectivity index (χ1v) is 6.25. The molecule has 0 unspecified atom stereocenters. The number of rotatable bonds is 6. The van der Waals surface area contributed by atoms with Crippen molar-refractivity contribution in [3.05, 3.63) is 33.6 Å². The Kier molecular flexibility index (Phi) is 5.42. The molecule has 1 aromatic carbocycles. The van der Waals surface area contributed by atoms with E-state index in [0.29, 0.717) is 6.54 Å². The summed E-state index contributed by atoms with van der Waals surface area (Å²) in [5.41, 5.74) is -0.812. The highest BCUT2D eigenvalue weighted by Crippen LogP contribution is 2.27. The molecule has 7 heteroatoms. The summed E-state index contributed by atoms with van der Waals surface area (Å²) in [7, 11) is 0. The molecule has 0 aliphatic rings. The second kappa shape index (κ2) is 6.83. The average molecular weight is 284 g/mol. The number of nitro benzene ring substituents is 1. The molecule has 0 radical (unpaired) electrons. The minimum Gasteiger partial charge on any atom is -0.462 e. The van der Waals surface area contributed by atoms with Gasteiger partial charge >= 0.3 is 5.97 Å². The van der Waals surface area contributed by atoms with Crippen LogP contribution in [0.3, 0.4) is 0 Å². The van der Waals surface area contributed by atoms with Crippen molar-refractivity contribution in [3.8, 4) is 0 Å². The largest absolute Gasteiger partial charge is 0.462 e. The predicted molar refractivity (Wildman–Crippen MR) is 72.3 cm³/mol. The van der Waals surface area contributed by atoms with Crippen LogP contribution in [0.2, 0.25) is 0 Å². The molecule has 1 aromatic rings. The van der Waals surface area contributed by atoms with Crippen LogP contribution in [0.25, 0.3) is 0 Å². The number of nitro groups is 1. The average Bonchev–Trinajstić information content (AvgIpc) is 2.36. The zero-order chi connectivity index (χ0) is 15.3. The Morgan fingerprint density at radius 2 is 2.15 bits per heavy atom. The van der Waals surface area contributed by atoms with Crippen LogP contribution in [0.1, 0.15) is 31.1 Å². The van der Waals surface area contributed by atoms with E-state index < -0.39 is 22.4 Å². The fourth-order valence-electron chi connectivity index (χ4n) is 1.54. The van der Waals surface area contributed by atoms with E-state index in [0.717, 1.165) is 12.1 Å². The van der Waals surface area contributed by atoms with Crippen LogP contribution in [0.4, 0.5) is 15.8 Å². The Morgan fingerprint density at radius 3 is 2.65 bits per heavy atom. The van der Waals surface area contributed by atoms with Crippen molar-refractivity contribution in [1.29, 1.82) is 0 Å². The highest BCUT2D eigenvalue weighted by atomic mass is 19.1. The topological polar surface area (TPSA) is 81.5 Å². The predicted octanol–water partition coefficient (Wildman–Crippen LogP) is 2.98. The van der Waals surface area contributed by atoms with Gasteiger partial charge in [0.2, 0.25) is 0 Å². The number of anilines is 1. The minimum atomic E-state index is -0.841. The van der Waals surface area contributed by atoms with Crippen LogP contribution < -0.4 is 5.32 Å². The number of benzene rings is 1. The van der Waals surface area contributed by atoms with Gasteiger partial charge in [0, 0.05) is 6.54 Å². The summed E-state index contributed by atoms with van der Waals surface area (Å²) in [6.45, 7) is 6.02. The van der Waals surface area contributed by atoms with Crippen LogP contribution in [-0.2, 0) is 4.74 Å². The highest BCUT2D eigenvalue weighted by Gasteiger charge is 2.24. The lowest BCUT2D eigenvalue weighted by molar-refractivity contribution is -0.385. The summed E-state index contributed by atoms with van der Waals surface area (Å²) in [5, 5.41) is 13.7. The Balaban J connectivity index is 3.20. The van der Waals surface area contributed by atoms with E-state index in [1.54, 1.807) is 6.92 Å². The number of carbonyl (C=O) groups excluding carboxylic acids is 1. The number of nitrogens with zero attached hydrogens (tertiary/aromatic N) is 1. The van der Waals surface area contributed by atoms with Crippen molar-refractivity contribution in [1.82, 2.24) is 0 Å². The van der Waals surface area contributed by atoms with E-state index in [-0.39, 0.29) is 23.8 Å². The maximum Gasteiger partial charge on any atom is 0.345 e. The van der Waals surface area contributed by atoms with Crippen LogP contribution in [0.5, 0.6) is 0 Å². The van der Waals surface area contributed by atoms with Gasteiger partial charge in [0.25, 0.3) is 5.69 Å². The van der Waals surface area contributed by atoms with Gasteiger partial charge in [-0.05, 0) is 18.9 Å². The van der Waals surface area contributed by atoms with E-state index >= 15 is 0 Å². The zero-order valence-corrected chi connectivity index (χ0v) is 11.6. The Bertz CT molecular complexity index is 517. The van der Waals surface area contributed by atoms with Crippen molar-refractivity contribution >= 4 is 17.3 Å². The molecule has 1 rings (SSSR count). The zero-order valence-electron chi connectivity index (χ0n) is 11.6. The monoisotopic (exact) mass is 284 g/mol. The normalized spacial score (nSPS) is 10.4. The molecule has 0 saturated carbocycles. The Labute approximate surface area is 116 Å². The number of esters is 1. The third-order valence-electron chi connectivity index (χ3n) is 2.48. The highest BCUT2D eigenvalue weighted by molar-refractivity contribution is 5.95. The van der Waals surface area contributed by atoms with Gasteiger partial charge in [-0.1, -0.05) is 13.8 Å². The van der Waals surface area contributed by atoms with Crippen LogP contribution in [0.15, 0.2) is 12.1 Å². The van der Waals surface area contributed by atoms with Crippen LogP contribution in [-0.4, -0.2) is 24.0 Å². The fourth-order valence-corrected chi connectivity index (χ4v) is 1.54. The summed E-state index contributed by atoms with van der Waals surface area (Å²) >= 11 is 0. The lowest BCUT2D eigenvalue weighted by Gasteiger charge is -2.11. The summed E-state index contributed by atoms with van der Waals surface area (Å²) in [5.74, 6) is -1.35. The first-order valence-electron chi connectivity index (χ1n) is 6.25. The van der Waals surface area contributed by atoms with Gasteiger partial charge < -0.3 is 10.1 Å². The number of halogens is 1. The molecule has 0 saturated heterocycles. The molecule has 0 bridgehead atoms. The molecule has 0 aliphatic heterocycles. The van der Waals surface area contributed by atoms with Crippen molar-refractivity contribution in [2.24, 2.45) is 5.92 Å². The first kappa shape index (κ1) is 15.9. The number of carbonyl (C=O) groups is 1. The smallest absolute Gasteiger partial charge is 0.345 e. The van der Waals surface area contributed by atoms with Crippen molar-refractivity contribution in [2.45, 2.75) is 20.8 Å². The first-order chi connectivity index (χ1) is 9.36. The lowest BCUT2D eigenvalue weighted by atomic mass is 10.1. The van der Waals surface area contributed by atoms with E-state index in [1.807, 2.05) is 13.8 Å². The van der Waals surface area contributed by atoms with Gasteiger partial charge in [-0.3, -0.25) is 10.1 Å². The molecular weight excluding hydrogens is 267 g/mol. The Hall–Kier alpha value is -2.18. The van der Waals surface area contributed by atoms with Gasteiger partial charge in [-0.2, -0.15) is 0 Å².